The van der Waals surface area contributed by atoms with Crippen molar-refractivity contribution in [3.05, 3.63) is 34.9 Å². The summed E-state index contributed by atoms with van der Waals surface area (Å²) >= 11 is 0. The Morgan fingerprint density at radius 1 is 1.15 bits per heavy atom. The summed E-state index contributed by atoms with van der Waals surface area (Å²) in [5, 5.41) is 5.93. The lowest BCUT2D eigenvalue weighted by molar-refractivity contribution is -0.136. The van der Waals surface area contributed by atoms with E-state index >= 15 is 0 Å². The Balaban J connectivity index is 1.38. The van der Waals surface area contributed by atoms with Crippen LogP contribution in [0, 0.1) is 0 Å². The number of piperidine rings is 2. The van der Waals surface area contributed by atoms with Crippen molar-refractivity contribution in [1.29, 1.82) is 0 Å². The molecule has 5 rings (SSSR count). The predicted molar refractivity (Wildman–Crippen MR) is 97.7 cm³/mol. The third-order valence-electron chi connectivity index (χ3n) is 6.49. The molecule has 4 heterocycles. The lowest BCUT2D eigenvalue weighted by atomic mass is 9.98. The van der Waals surface area contributed by atoms with Crippen LogP contribution in [0.25, 0.3) is 0 Å². The molecule has 2 N–H and O–H groups in total. The second-order valence-electron chi connectivity index (χ2n) is 8.11. The molecule has 0 saturated carbocycles. The van der Waals surface area contributed by atoms with Crippen LogP contribution in [0.5, 0.6) is 0 Å². The van der Waals surface area contributed by atoms with Crippen molar-refractivity contribution in [2.75, 3.05) is 13.1 Å². The number of nitrogens with one attached hydrogen (secondary N) is 2. The minimum Gasteiger partial charge on any atom is -0.322 e. The van der Waals surface area contributed by atoms with Crippen molar-refractivity contribution in [2.24, 2.45) is 0 Å². The van der Waals surface area contributed by atoms with Gasteiger partial charge in [-0.15, -0.1) is 0 Å². The van der Waals surface area contributed by atoms with E-state index in [9.17, 15) is 14.4 Å². The van der Waals surface area contributed by atoms with Crippen molar-refractivity contribution in [2.45, 2.75) is 56.9 Å². The van der Waals surface area contributed by atoms with Crippen LogP contribution in [0.2, 0.25) is 0 Å². The summed E-state index contributed by atoms with van der Waals surface area (Å²) in [6.45, 7) is 3.30. The molecule has 3 amide bonds. The van der Waals surface area contributed by atoms with Crippen LogP contribution >= 0.6 is 0 Å². The minimum absolute atomic E-state index is 0.0745. The Labute approximate surface area is 158 Å². The molecule has 0 radical (unpaired) electrons. The normalized spacial score (nSPS) is 30.6. The quantitative estimate of drug-likeness (QED) is 0.754. The van der Waals surface area contributed by atoms with E-state index < -0.39 is 6.04 Å². The van der Waals surface area contributed by atoms with Gasteiger partial charge in [-0.25, -0.2) is 0 Å². The molecule has 3 atom stereocenters. The SMILES string of the molecule is O=C1CCC(N2Cc3cccc(CN4CCC5CC4CN5)c3C2=O)C(=O)N1. The molecule has 4 aliphatic rings. The molecule has 0 spiro atoms. The van der Waals surface area contributed by atoms with Crippen LogP contribution in [-0.4, -0.2) is 58.7 Å². The molecule has 1 aromatic rings. The molecule has 3 unspecified atom stereocenters. The summed E-state index contributed by atoms with van der Waals surface area (Å²) in [7, 11) is 0. The molecule has 2 bridgehead atoms. The van der Waals surface area contributed by atoms with Gasteiger partial charge in [-0.3, -0.25) is 24.6 Å². The zero-order valence-electron chi connectivity index (χ0n) is 15.2. The number of nitrogens with zero attached hydrogens (tertiary/aromatic N) is 2. The summed E-state index contributed by atoms with van der Waals surface area (Å²) in [6, 6.07) is 6.67. The van der Waals surface area contributed by atoms with Gasteiger partial charge < -0.3 is 10.2 Å². The standard InChI is InChI=1S/C20H24N4O3/c25-17-5-4-16(19(26)22-17)24-11-13-3-1-2-12(18(13)20(24)27)10-23-7-6-14-8-15(23)9-21-14/h1-3,14-16,21H,4-11H2,(H,22,25,26). The molecule has 0 aliphatic carbocycles. The molecule has 3 fully saturated rings. The van der Waals surface area contributed by atoms with Crippen LogP contribution in [0.4, 0.5) is 0 Å². The maximum atomic E-state index is 13.2. The van der Waals surface area contributed by atoms with Gasteiger partial charge in [0.2, 0.25) is 11.8 Å². The van der Waals surface area contributed by atoms with Gasteiger partial charge in [-0.05, 0) is 30.4 Å². The number of likely N-dealkylation sites (tertiary alicyclic amines) is 1. The van der Waals surface area contributed by atoms with E-state index in [-0.39, 0.29) is 24.1 Å². The number of imide groups is 1. The molecule has 7 nitrogen and oxygen atoms in total. The van der Waals surface area contributed by atoms with E-state index in [1.165, 1.54) is 6.42 Å². The molecular formula is C20H24N4O3. The Morgan fingerprint density at radius 3 is 2.89 bits per heavy atom. The molecular weight excluding hydrogens is 344 g/mol. The Hall–Kier alpha value is -2.25. The van der Waals surface area contributed by atoms with Gasteiger partial charge in [0.25, 0.3) is 5.91 Å². The third-order valence-corrected chi connectivity index (χ3v) is 6.49. The number of fused-ring (bicyclic) bond motifs is 3. The highest BCUT2D eigenvalue weighted by Gasteiger charge is 2.41. The van der Waals surface area contributed by atoms with E-state index in [1.807, 2.05) is 18.2 Å². The van der Waals surface area contributed by atoms with Gasteiger partial charge in [0.1, 0.15) is 6.04 Å². The summed E-state index contributed by atoms with van der Waals surface area (Å²) in [5.41, 5.74) is 2.80. The fraction of sp³-hybridized carbons (Fsp3) is 0.550. The summed E-state index contributed by atoms with van der Waals surface area (Å²) < 4.78 is 0. The topological polar surface area (TPSA) is 81.8 Å². The van der Waals surface area contributed by atoms with E-state index in [4.69, 9.17) is 0 Å². The van der Waals surface area contributed by atoms with Crippen molar-refractivity contribution in [3.8, 4) is 0 Å². The average molecular weight is 368 g/mol. The fourth-order valence-corrected chi connectivity index (χ4v) is 5.05. The first-order valence-corrected chi connectivity index (χ1v) is 9.83. The lowest BCUT2D eigenvalue weighted by Crippen LogP contribution is -2.52. The zero-order chi connectivity index (χ0) is 18.5. The van der Waals surface area contributed by atoms with E-state index in [0.29, 0.717) is 25.0 Å². The van der Waals surface area contributed by atoms with Gasteiger partial charge in [0.15, 0.2) is 0 Å². The maximum Gasteiger partial charge on any atom is 0.255 e. The van der Waals surface area contributed by atoms with Gasteiger partial charge in [0.05, 0.1) is 0 Å². The molecule has 0 aromatic heterocycles. The highest BCUT2D eigenvalue weighted by Crippen LogP contribution is 2.32. The summed E-state index contributed by atoms with van der Waals surface area (Å²) in [4.78, 5) is 41.0. The first-order chi connectivity index (χ1) is 13.1. The van der Waals surface area contributed by atoms with E-state index in [2.05, 4.69) is 15.5 Å². The summed E-state index contributed by atoms with van der Waals surface area (Å²) in [5.74, 6) is -0.683. The van der Waals surface area contributed by atoms with Crippen LogP contribution < -0.4 is 10.6 Å². The Kier molecular flexibility index (Phi) is 4.02. The second-order valence-corrected chi connectivity index (χ2v) is 8.11. The fourth-order valence-electron chi connectivity index (χ4n) is 5.05. The molecule has 3 saturated heterocycles. The number of carbonyl (C=O) groups excluding carboxylic acids is 3. The van der Waals surface area contributed by atoms with Crippen molar-refractivity contribution >= 4 is 17.7 Å². The highest BCUT2D eigenvalue weighted by atomic mass is 16.2. The first kappa shape index (κ1) is 16.9. The number of hydrogen-bond acceptors (Lipinski definition) is 5. The number of hydrogen-bond donors (Lipinski definition) is 2. The molecule has 142 valence electrons. The van der Waals surface area contributed by atoms with Crippen LogP contribution in [0.1, 0.15) is 47.2 Å². The number of benzene rings is 1. The monoisotopic (exact) mass is 368 g/mol. The van der Waals surface area contributed by atoms with Crippen LogP contribution in [0.3, 0.4) is 0 Å². The predicted octanol–water partition coefficient (Wildman–Crippen LogP) is 0.384. The van der Waals surface area contributed by atoms with Crippen LogP contribution in [0.15, 0.2) is 18.2 Å². The average Bonchev–Trinajstić information content (AvgIpc) is 3.20. The molecule has 7 heteroatoms. The van der Waals surface area contributed by atoms with Crippen molar-refractivity contribution in [1.82, 2.24) is 20.4 Å². The first-order valence-electron chi connectivity index (χ1n) is 9.83. The highest BCUT2D eigenvalue weighted by molar-refractivity contribution is 6.05. The second kappa shape index (κ2) is 6.42. The lowest BCUT2D eigenvalue weighted by Gasteiger charge is -2.33. The number of rotatable bonds is 3. The zero-order valence-corrected chi connectivity index (χ0v) is 15.2. The smallest absolute Gasteiger partial charge is 0.255 e. The van der Waals surface area contributed by atoms with E-state index in [1.54, 1.807) is 4.90 Å². The van der Waals surface area contributed by atoms with Gasteiger partial charge in [0, 0.05) is 50.2 Å². The van der Waals surface area contributed by atoms with Crippen molar-refractivity contribution < 1.29 is 14.4 Å². The van der Waals surface area contributed by atoms with Gasteiger partial charge in [-0.1, -0.05) is 18.2 Å². The number of carbonyl (C=O) groups is 3. The third kappa shape index (κ3) is 2.85. The molecule has 4 aliphatic heterocycles. The van der Waals surface area contributed by atoms with E-state index in [0.717, 1.165) is 42.7 Å². The minimum atomic E-state index is -0.551. The Bertz CT molecular complexity index is 823. The largest absolute Gasteiger partial charge is 0.322 e. The number of amides is 3. The Morgan fingerprint density at radius 2 is 2.04 bits per heavy atom. The van der Waals surface area contributed by atoms with Crippen molar-refractivity contribution in [3.63, 3.8) is 0 Å². The maximum absolute atomic E-state index is 13.2. The van der Waals surface area contributed by atoms with Gasteiger partial charge >= 0.3 is 0 Å². The van der Waals surface area contributed by atoms with Gasteiger partial charge in [-0.2, -0.15) is 0 Å². The summed E-state index contributed by atoms with van der Waals surface area (Å²) in [6.07, 6.45) is 3.03. The molecule has 1 aromatic carbocycles. The molecule has 27 heavy (non-hydrogen) atoms. The van der Waals surface area contributed by atoms with Crippen LogP contribution in [-0.2, 0) is 22.7 Å².